The Morgan fingerprint density at radius 1 is 1.44 bits per heavy atom. The van der Waals surface area contributed by atoms with Gasteiger partial charge in [0.1, 0.15) is 11.6 Å². The zero-order chi connectivity index (χ0) is 13.3. The van der Waals surface area contributed by atoms with Gasteiger partial charge in [-0.25, -0.2) is 8.78 Å². The van der Waals surface area contributed by atoms with Crippen LogP contribution in [0.4, 0.5) is 8.78 Å². The van der Waals surface area contributed by atoms with Crippen LogP contribution in [-0.4, -0.2) is 23.9 Å². The van der Waals surface area contributed by atoms with Crippen LogP contribution in [0.3, 0.4) is 0 Å². The van der Waals surface area contributed by atoms with Crippen LogP contribution in [0.15, 0.2) is 23.2 Å². The molecule has 1 aromatic carbocycles. The largest absolute Gasteiger partial charge is 0.370 e. The quantitative estimate of drug-likeness (QED) is 0.897. The van der Waals surface area contributed by atoms with Gasteiger partial charge in [0.15, 0.2) is 5.96 Å². The highest BCUT2D eigenvalue weighted by Gasteiger charge is 2.40. The van der Waals surface area contributed by atoms with E-state index >= 15 is 0 Å². The molecule has 0 aromatic heterocycles. The first-order valence-corrected chi connectivity index (χ1v) is 6.02. The van der Waals surface area contributed by atoms with Crippen LogP contribution in [0.5, 0.6) is 0 Å². The normalized spacial score (nSPS) is 23.3. The lowest BCUT2D eigenvalue weighted by Crippen LogP contribution is -2.48. The third kappa shape index (κ3) is 1.94. The van der Waals surface area contributed by atoms with Crippen LogP contribution in [0.25, 0.3) is 0 Å². The van der Waals surface area contributed by atoms with Crippen molar-refractivity contribution in [3.8, 4) is 0 Å². The average Bonchev–Trinajstić information content (AvgIpc) is 2.62. The number of rotatable bonds is 3. The number of aliphatic imine (C=N–C) groups is 1. The number of nitrogens with two attached hydrogens (primary N) is 1. The number of hydrogen-bond acceptors (Lipinski definition) is 3. The third-order valence-electron chi connectivity index (χ3n) is 3.38. The molecule has 0 radical (unpaired) electrons. The lowest BCUT2D eigenvalue weighted by molar-refractivity contribution is 0.217. The topological polar surface area (TPSA) is 41.6 Å². The minimum atomic E-state index is -0.702. The Morgan fingerprint density at radius 3 is 2.83 bits per heavy atom. The molecule has 0 spiro atoms. The molecule has 1 aliphatic rings. The molecule has 0 saturated heterocycles. The van der Waals surface area contributed by atoms with Crippen molar-refractivity contribution >= 4 is 5.96 Å². The van der Waals surface area contributed by atoms with Gasteiger partial charge in [-0.3, -0.25) is 4.99 Å². The maximum absolute atomic E-state index is 13.9. The molecule has 1 atom stereocenters. The first-order chi connectivity index (χ1) is 8.49. The van der Waals surface area contributed by atoms with Crippen LogP contribution in [0.1, 0.15) is 25.8 Å². The second kappa shape index (κ2) is 4.55. The molecule has 2 N–H and O–H groups in total. The predicted molar refractivity (Wildman–Crippen MR) is 67.2 cm³/mol. The second-order valence-electron chi connectivity index (χ2n) is 4.72. The molecule has 0 fully saturated rings. The molecule has 0 aliphatic carbocycles. The van der Waals surface area contributed by atoms with Crippen molar-refractivity contribution in [1.82, 2.24) is 4.90 Å². The molecule has 5 heteroatoms. The predicted octanol–water partition coefficient (Wildman–Crippen LogP) is 2.22. The first-order valence-electron chi connectivity index (χ1n) is 6.02. The summed E-state index contributed by atoms with van der Waals surface area (Å²) in [6.07, 6.45) is 0.864. The molecule has 3 nitrogen and oxygen atoms in total. The SMILES string of the molecule is CCCN1C(N)=NCC1(C)c1cc(F)ccc1F. The summed E-state index contributed by atoms with van der Waals surface area (Å²) < 4.78 is 27.2. The summed E-state index contributed by atoms with van der Waals surface area (Å²) in [5, 5.41) is 0. The maximum atomic E-state index is 13.9. The highest BCUT2D eigenvalue weighted by Crippen LogP contribution is 2.34. The van der Waals surface area contributed by atoms with Crippen LogP contribution in [0.2, 0.25) is 0 Å². The molecule has 0 bridgehead atoms. The number of halogens is 2. The fourth-order valence-corrected chi connectivity index (χ4v) is 2.38. The number of guanidine groups is 1. The van der Waals surface area contributed by atoms with Gasteiger partial charge in [0.05, 0.1) is 12.1 Å². The minimum Gasteiger partial charge on any atom is -0.370 e. The van der Waals surface area contributed by atoms with Crippen molar-refractivity contribution in [2.75, 3.05) is 13.1 Å². The van der Waals surface area contributed by atoms with Gasteiger partial charge in [-0.2, -0.15) is 0 Å². The van der Waals surface area contributed by atoms with Crippen molar-refractivity contribution < 1.29 is 8.78 Å². The molecule has 0 amide bonds. The van der Waals surface area contributed by atoms with Crippen molar-refractivity contribution in [3.63, 3.8) is 0 Å². The zero-order valence-corrected chi connectivity index (χ0v) is 10.6. The van der Waals surface area contributed by atoms with Gasteiger partial charge in [0, 0.05) is 12.1 Å². The standard InChI is InChI=1S/C13H17F2N3/c1-3-6-18-12(16)17-8-13(18,2)10-7-9(14)4-5-11(10)15/h4-5,7H,3,6,8H2,1-2H3,(H2,16,17). The lowest BCUT2D eigenvalue weighted by Gasteiger charge is -2.36. The number of nitrogens with zero attached hydrogens (tertiary/aromatic N) is 2. The molecular weight excluding hydrogens is 236 g/mol. The van der Waals surface area contributed by atoms with E-state index in [-0.39, 0.29) is 0 Å². The van der Waals surface area contributed by atoms with E-state index in [1.165, 1.54) is 6.07 Å². The van der Waals surface area contributed by atoms with E-state index in [1.54, 1.807) is 0 Å². The van der Waals surface area contributed by atoms with Gasteiger partial charge in [-0.05, 0) is 31.5 Å². The summed E-state index contributed by atoms with van der Waals surface area (Å²) >= 11 is 0. The molecule has 1 unspecified atom stereocenters. The van der Waals surface area contributed by atoms with Crippen LogP contribution < -0.4 is 5.73 Å². The van der Waals surface area contributed by atoms with E-state index in [9.17, 15) is 8.78 Å². The lowest BCUT2D eigenvalue weighted by atomic mass is 9.90. The summed E-state index contributed by atoms with van der Waals surface area (Å²) in [5.74, 6) is -0.484. The Labute approximate surface area is 105 Å². The maximum Gasteiger partial charge on any atom is 0.192 e. The zero-order valence-electron chi connectivity index (χ0n) is 10.6. The van der Waals surface area contributed by atoms with E-state index < -0.39 is 17.2 Å². The van der Waals surface area contributed by atoms with Gasteiger partial charge in [-0.1, -0.05) is 6.92 Å². The van der Waals surface area contributed by atoms with Gasteiger partial charge >= 0.3 is 0 Å². The summed E-state index contributed by atoms with van der Waals surface area (Å²) in [7, 11) is 0. The number of hydrogen-bond donors (Lipinski definition) is 1. The fourth-order valence-electron chi connectivity index (χ4n) is 2.38. The van der Waals surface area contributed by atoms with Gasteiger partial charge < -0.3 is 10.6 Å². The van der Waals surface area contributed by atoms with Crippen molar-refractivity contribution in [2.45, 2.75) is 25.8 Å². The molecule has 1 aromatic rings. The van der Waals surface area contributed by atoms with Crippen LogP contribution in [0, 0.1) is 11.6 Å². The Morgan fingerprint density at radius 2 is 2.17 bits per heavy atom. The first kappa shape index (κ1) is 12.8. The van der Waals surface area contributed by atoms with Crippen molar-refractivity contribution in [1.29, 1.82) is 0 Å². The molecular formula is C13H17F2N3. The molecule has 1 aliphatic heterocycles. The molecule has 98 valence electrons. The highest BCUT2D eigenvalue weighted by atomic mass is 19.1. The molecule has 18 heavy (non-hydrogen) atoms. The van der Waals surface area contributed by atoms with Gasteiger partial charge in [-0.15, -0.1) is 0 Å². The Hall–Kier alpha value is -1.65. The van der Waals surface area contributed by atoms with Crippen molar-refractivity contribution in [3.05, 3.63) is 35.4 Å². The second-order valence-corrected chi connectivity index (χ2v) is 4.72. The Balaban J connectivity index is 2.45. The molecule has 0 saturated carbocycles. The summed E-state index contributed by atoms with van der Waals surface area (Å²) in [5.41, 5.74) is 5.43. The summed E-state index contributed by atoms with van der Waals surface area (Å²) in [6, 6.07) is 3.49. The average molecular weight is 253 g/mol. The molecule has 1 heterocycles. The van der Waals surface area contributed by atoms with Crippen LogP contribution >= 0.6 is 0 Å². The van der Waals surface area contributed by atoms with E-state index in [4.69, 9.17) is 5.73 Å². The summed E-state index contributed by atoms with van der Waals surface area (Å²) in [4.78, 5) is 6.01. The van der Waals surface area contributed by atoms with E-state index in [0.29, 0.717) is 24.6 Å². The Bertz CT molecular complexity index is 487. The van der Waals surface area contributed by atoms with E-state index in [0.717, 1.165) is 18.6 Å². The fraction of sp³-hybridized carbons (Fsp3) is 0.462. The smallest absolute Gasteiger partial charge is 0.192 e. The highest BCUT2D eigenvalue weighted by molar-refractivity contribution is 5.81. The third-order valence-corrected chi connectivity index (χ3v) is 3.38. The minimum absolute atomic E-state index is 0.306. The Kier molecular flexibility index (Phi) is 3.24. The molecule has 2 rings (SSSR count). The van der Waals surface area contributed by atoms with Gasteiger partial charge in [0.25, 0.3) is 0 Å². The van der Waals surface area contributed by atoms with E-state index in [1.807, 2.05) is 18.7 Å². The monoisotopic (exact) mass is 253 g/mol. The number of benzene rings is 1. The van der Waals surface area contributed by atoms with Crippen LogP contribution in [-0.2, 0) is 5.54 Å². The summed E-state index contributed by atoms with van der Waals surface area (Å²) in [6.45, 7) is 4.86. The van der Waals surface area contributed by atoms with E-state index in [2.05, 4.69) is 4.99 Å². The van der Waals surface area contributed by atoms with Gasteiger partial charge in [0.2, 0.25) is 0 Å². The van der Waals surface area contributed by atoms with Crippen molar-refractivity contribution in [2.24, 2.45) is 10.7 Å².